The van der Waals surface area contributed by atoms with Gasteiger partial charge in [-0.2, -0.15) is 0 Å². The van der Waals surface area contributed by atoms with Crippen molar-refractivity contribution in [2.45, 2.75) is 25.7 Å². The van der Waals surface area contributed by atoms with Crippen molar-refractivity contribution in [3.63, 3.8) is 0 Å². The molecule has 0 atom stereocenters. The number of benzene rings is 1. The van der Waals surface area contributed by atoms with Crippen LogP contribution in [0.15, 0.2) is 22.7 Å². The molecular formula is C13H16BrFINO. The third kappa shape index (κ3) is 5.65. The zero-order valence-corrected chi connectivity index (χ0v) is 13.8. The largest absolute Gasteiger partial charge is 0.352 e. The molecule has 5 heteroatoms. The molecule has 100 valence electrons. The minimum atomic E-state index is -0.398. The quantitative estimate of drug-likeness (QED) is 0.392. The average molecular weight is 428 g/mol. The Morgan fingerprint density at radius 2 is 2.00 bits per heavy atom. The van der Waals surface area contributed by atoms with Gasteiger partial charge in [0.1, 0.15) is 5.82 Å². The van der Waals surface area contributed by atoms with E-state index in [1.54, 1.807) is 6.07 Å². The highest BCUT2D eigenvalue weighted by atomic mass is 127. The number of carbonyl (C=O) groups is 1. The molecule has 0 radical (unpaired) electrons. The van der Waals surface area contributed by atoms with Gasteiger partial charge in [-0.1, -0.05) is 35.4 Å². The van der Waals surface area contributed by atoms with Gasteiger partial charge >= 0.3 is 0 Å². The van der Waals surface area contributed by atoms with Gasteiger partial charge < -0.3 is 5.32 Å². The predicted molar refractivity (Wildman–Crippen MR) is 83.8 cm³/mol. The lowest BCUT2D eigenvalue weighted by molar-refractivity contribution is 0.0951. The Bertz CT molecular complexity index is 401. The van der Waals surface area contributed by atoms with Crippen LogP contribution in [0.25, 0.3) is 0 Å². The molecule has 0 aliphatic heterocycles. The fourth-order valence-electron chi connectivity index (χ4n) is 1.54. The number of amides is 1. The fourth-order valence-corrected chi connectivity index (χ4v) is 2.51. The number of carbonyl (C=O) groups excluding carboxylic acids is 1. The van der Waals surface area contributed by atoms with Crippen molar-refractivity contribution in [2.75, 3.05) is 11.0 Å². The predicted octanol–water partition coefficient (Wildman–Crippen LogP) is 4.31. The van der Waals surface area contributed by atoms with Gasteiger partial charge in [0.05, 0.1) is 5.56 Å². The number of nitrogens with one attached hydrogen (secondary N) is 1. The molecule has 1 N–H and O–H groups in total. The minimum Gasteiger partial charge on any atom is -0.352 e. The Labute approximate surface area is 129 Å². The lowest BCUT2D eigenvalue weighted by Crippen LogP contribution is -2.24. The Morgan fingerprint density at radius 3 is 2.72 bits per heavy atom. The highest BCUT2D eigenvalue weighted by Gasteiger charge is 2.10. The van der Waals surface area contributed by atoms with Crippen molar-refractivity contribution in [2.24, 2.45) is 0 Å². The molecule has 2 nitrogen and oxygen atoms in total. The molecule has 1 aromatic rings. The van der Waals surface area contributed by atoms with Crippen LogP contribution in [0.5, 0.6) is 0 Å². The van der Waals surface area contributed by atoms with Crippen LogP contribution in [0.1, 0.15) is 36.0 Å². The first-order chi connectivity index (χ1) is 8.65. The summed E-state index contributed by atoms with van der Waals surface area (Å²) in [7, 11) is 0. The molecule has 0 spiro atoms. The third-order valence-electron chi connectivity index (χ3n) is 2.52. The van der Waals surface area contributed by atoms with Crippen LogP contribution in [0, 0.1) is 5.82 Å². The average Bonchev–Trinajstić information content (AvgIpc) is 2.36. The van der Waals surface area contributed by atoms with Crippen LogP contribution >= 0.6 is 38.5 Å². The molecule has 0 heterocycles. The van der Waals surface area contributed by atoms with Gasteiger partial charge in [0, 0.05) is 11.0 Å². The molecule has 0 unspecified atom stereocenters. The number of hydrogen-bond donors (Lipinski definition) is 1. The van der Waals surface area contributed by atoms with E-state index in [-0.39, 0.29) is 5.91 Å². The van der Waals surface area contributed by atoms with Gasteiger partial charge in [-0.3, -0.25) is 4.79 Å². The summed E-state index contributed by atoms with van der Waals surface area (Å²) in [6.07, 6.45) is 4.51. The second-order valence-corrected chi connectivity index (χ2v) is 5.92. The number of rotatable bonds is 7. The van der Waals surface area contributed by atoms with Gasteiger partial charge in [-0.25, -0.2) is 4.39 Å². The number of halogens is 3. The first kappa shape index (κ1) is 15.9. The first-order valence-electron chi connectivity index (χ1n) is 5.94. The molecule has 0 fully saturated rings. The Morgan fingerprint density at radius 1 is 1.28 bits per heavy atom. The molecule has 0 aliphatic rings. The summed E-state index contributed by atoms with van der Waals surface area (Å²) in [5.74, 6) is -0.624. The van der Waals surface area contributed by atoms with E-state index in [1.807, 2.05) is 0 Å². The smallest absolute Gasteiger partial charge is 0.252 e. The zero-order chi connectivity index (χ0) is 13.4. The highest BCUT2D eigenvalue weighted by molar-refractivity contribution is 14.1. The van der Waals surface area contributed by atoms with E-state index in [0.717, 1.165) is 12.8 Å². The van der Waals surface area contributed by atoms with E-state index in [4.69, 9.17) is 0 Å². The van der Waals surface area contributed by atoms with Crippen LogP contribution in [-0.2, 0) is 0 Å². The molecule has 0 bridgehead atoms. The molecule has 1 aromatic carbocycles. The van der Waals surface area contributed by atoms with Crippen LogP contribution in [-0.4, -0.2) is 16.9 Å². The molecule has 1 rings (SSSR count). The lowest BCUT2D eigenvalue weighted by Gasteiger charge is -2.06. The normalized spacial score (nSPS) is 10.4. The first-order valence-corrected chi connectivity index (χ1v) is 8.26. The summed E-state index contributed by atoms with van der Waals surface area (Å²) in [6.45, 7) is 0.642. The molecule has 0 saturated carbocycles. The van der Waals surface area contributed by atoms with Crippen LogP contribution in [0.4, 0.5) is 4.39 Å². The number of alkyl halides is 1. The van der Waals surface area contributed by atoms with Crippen molar-refractivity contribution in [3.8, 4) is 0 Å². The Balaban J connectivity index is 2.34. The summed E-state index contributed by atoms with van der Waals surface area (Å²) in [5.41, 5.74) is 0.349. The second kappa shape index (κ2) is 8.85. The van der Waals surface area contributed by atoms with Crippen LogP contribution in [0.2, 0.25) is 0 Å². The third-order valence-corrected chi connectivity index (χ3v) is 3.97. The molecular weight excluding hydrogens is 412 g/mol. The summed E-state index contributed by atoms with van der Waals surface area (Å²) in [4.78, 5) is 11.8. The number of unbranched alkanes of at least 4 members (excludes halogenated alkanes) is 3. The van der Waals surface area contributed by atoms with E-state index < -0.39 is 5.82 Å². The van der Waals surface area contributed by atoms with E-state index in [2.05, 4.69) is 43.8 Å². The molecule has 0 aliphatic carbocycles. The second-order valence-electron chi connectivity index (χ2n) is 3.98. The summed E-state index contributed by atoms with van der Waals surface area (Å²) < 4.78 is 14.8. The van der Waals surface area contributed by atoms with E-state index in [0.29, 0.717) is 16.6 Å². The van der Waals surface area contributed by atoms with Crippen molar-refractivity contribution in [1.82, 2.24) is 5.32 Å². The van der Waals surface area contributed by atoms with Gasteiger partial charge in [0.2, 0.25) is 0 Å². The standard InChI is InChI=1S/C13H16BrFINO/c14-12-6-5-10(15)9-11(12)13(18)17-8-4-2-1-3-7-16/h5-6,9H,1-4,7-8H2,(H,17,18). The topological polar surface area (TPSA) is 29.1 Å². The van der Waals surface area contributed by atoms with Crippen molar-refractivity contribution in [1.29, 1.82) is 0 Å². The van der Waals surface area contributed by atoms with Gasteiger partial charge in [-0.05, 0) is 51.4 Å². The minimum absolute atomic E-state index is 0.227. The molecule has 1 amide bonds. The maximum Gasteiger partial charge on any atom is 0.252 e. The van der Waals surface area contributed by atoms with Gasteiger partial charge in [0.15, 0.2) is 0 Å². The summed E-state index contributed by atoms with van der Waals surface area (Å²) >= 11 is 5.61. The van der Waals surface area contributed by atoms with E-state index in [1.165, 1.54) is 29.4 Å². The monoisotopic (exact) mass is 427 g/mol. The molecule has 18 heavy (non-hydrogen) atoms. The van der Waals surface area contributed by atoms with Crippen molar-refractivity contribution in [3.05, 3.63) is 34.1 Å². The maximum atomic E-state index is 13.0. The zero-order valence-electron chi connectivity index (χ0n) is 10.0. The van der Waals surface area contributed by atoms with Gasteiger partial charge in [-0.15, -0.1) is 0 Å². The highest BCUT2D eigenvalue weighted by Crippen LogP contribution is 2.17. The van der Waals surface area contributed by atoms with E-state index in [9.17, 15) is 9.18 Å². The number of hydrogen-bond acceptors (Lipinski definition) is 1. The van der Waals surface area contributed by atoms with Gasteiger partial charge in [0.25, 0.3) is 5.91 Å². The summed E-state index contributed by atoms with van der Waals surface area (Å²) in [6, 6.07) is 4.12. The summed E-state index contributed by atoms with van der Waals surface area (Å²) in [5, 5.41) is 2.81. The Kier molecular flexibility index (Phi) is 7.81. The van der Waals surface area contributed by atoms with Crippen LogP contribution < -0.4 is 5.32 Å². The fraction of sp³-hybridized carbons (Fsp3) is 0.462. The SMILES string of the molecule is O=C(NCCCCCCI)c1cc(F)ccc1Br. The molecule has 0 saturated heterocycles. The van der Waals surface area contributed by atoms with Crippen molar-refractivity contribution >= 4 is 44.4 Å². The molecule has 0 aromatic heterocycles. The Hall–Kier alpha value is -0.170. The maximum absolute atomic E-state index is 13.0. The van der Waals surface area contributed by atoms with Crippen molar-refractivity contribution < 1.29 is 9.18 Å². The lowest BCUT2D eigenvalue weighted by atomic mass is 10.2. The van der Waals surface area contributed by atoms with E-state index >= 15 is 0 Å². The van der Waals surface area contributed by atoms with Crippen LogP contribution in [0.3, 0.4) is 0 Å².